The molecule has 6 aromatic rings. The highest BCUT2D eigenvalue weighted by Crippen LogP contribution is 2.40. The highest BCUT2D eigenvalue weighted by molar-refractivity contribution is 7.89. The number of sulfonamides is 2. The van der Waals surface area contributed by atoms with E-state index in [2.05, 4.69) is 47.4 Å². The summed E-state index contributed by atoms with van der Waals surface area (Å²) in [4.78, 5) is 17.4. The summed E-state index contributed by atoms with van der Waals surface area (Å²) < 4.78 is 65.4. The maximum Gasteiger partial charge on any atom is 0.439 e. The molecule has 0 fully saturated rings. The highest BCUT2D eigenvalue weighted by atomic mass is 32.2. The Balaban J connectivity index is 0.000000211. The molecule has 0 aliphatic heterocycles. The number of unbranched alkanes of at least 4 members (excludes halogenated alkanes) is 2. The quantitative estimate of drug-likeness (QED) is 0.0634. The number of anilines is 2. The summed E-state index contributed by atoms with van der Waals surface area (Å²) in [7, 11) is -8.19. The molecule has 4 aromatic carbocycles. The molecule has 0 spiro atoms. The van der Waals surface area contributed by atoms with Crippen molar-refractivity contribution in [3.63, 3.8) is 0 Å². The number of benzene rings is 4. The fourth-order valence-electron chi connectivity index (χ4n) is 5.09. The summed E-state index contributed by atoms with van der Waals surface area (Å²) in [5, 5.41) is 27.5. The van der Waals surface area contributed by atoms with Crippen LogP contribution in [0, 0.1) is 0 Å². The molecule has 0 aliphatic carbocycles. The van der Waals surface area contributed by atoms with Gasteiger partial charge in [-0.1, -0.05) is 68.2 Å². The molecule has 19 heteroatoms. The van der Waals surface area contributed by atoms with Crippen LogP contribution in [0.15, 0.2) is 110 Å². The maximum absolute atomic E-state index is 12.3. The van der Waals surface area contributed by atoms with E-state index in [1.807, 2.05) is 19.1 Å². The summed E-state index contributed by atoms with van der Waals surface area (Å²) in [6.45, 7) is 5.36. The van der Waals surface area contributed by atoms with Crippen LogP contribution in [0.1, 0.15) is 39.5 Å². The van der Waals surface area contributed by atoms with Crippen LogP contribution in [0.4, 0.5) is 11.4 Å². The van der Waals surface area contributed by atoms with E-state index in [-0.39, 0.29) is 27.1 Å². The molecule has 0 unspecified atom stereocenters. The van der Waals surface area contributed by atoms with Crippen LogP contribution in [-0.4, -0.2) is 55.2 Å². The third kappa shape index (κ3) is 11.0. The summed E-state index contributed by atoms with van der Waals surface area (Å²) in [5.74, 6) is 0.950. The van der Waals surface area contributed by atoms with E-state index >= 15 is 0 Å². The van der Waals surface area contributed by atoms with Gasteiger partial charge in [-0.05, 0) is 61.4 Å². The minimum Gasteiger partial charge on any atom is -0.454 e. The lowest BCUT2D eigenvalue weighted by molar-refractivity contribution is 0.388. The first-order chi connectivity index (χ1) is 26.4. The van der Waals surface area contributed by atoms with Crippen LogP contribution in [0.5, 0.6) is 23.0 Å². The van der Waals surface area contributed by atoms with Gasteiger partial charge in [-0.3, -0.25) is 14.6 Å². The molecular formula is C36H41N9O8S2. The Morgan fingerprint density at radius 2 is 1.18 bits per heavy atom. The van der Waals surface area contributed by atoms with Gasteiger partial charge < -0.3 is 20.1 Å². The van der Waals surface area contributed by atoms with E-state index in [9.17, 15) is 21.6 Å². The van der Waals surface area contributed by atoms with E-state index in [1.165, 1.54) is 18.5 Å². The molecule has 0 saturated carbocycles. The normalized spacial score (nSPS) is 11.3. The molecule has 6 rings (SSSR count). The predicted molar refractivity (Wildman–Crippen MR) is 207 cm³/mol. The van der Waals surface area contributed by atoms with Crippen molar-refractivity contribution in [3.8, 4) is 45.8 Å². The number of nitrogens with one attached hydrogen (secondary N) is 4. The minimum atomic E-state index is -4.15. The van der Waals surface area contributed by atoms with Crippen molar-refractivity contribution < 1.29 is 30.8 Å². The Bertz CT molecular complexity index is 2440. The van der Waals surface area contributed by atoms with Crippen molar-refractivity contribution in [1.82, 2.24) is 25.3 Å². The first-order valence-electron chi connectivity index (χ1n) is 17.1. The van der Waals surface area contributed by atoms with Crippen molar-refractivity contribution in [3.05, 3.63) is 102 Å². The van der Waals surface area contributed by atoms with Gasteiger partial charge in [-0.25, -0.2) is 36.9 Å². The smallest absolute Gasteiger partial charge is 0.439 e. The Hall–Kier alpha value is -6.02. The zero-order chi connectivity index (χ0) is 39.4. The lowest BCUT2D eigenvalue weighted by Gasteiger charge is -2.17. The number of nitrogens with zero attached hydrogens (tertiary/aromatic N) is 3. The Kier molecular flexibility index (Phi) is 13.4. The average Bonchev–Trinajstić information content (AvgIpc) is 3.86. The monoisotopic (exact) mass is 791 g/mol. The topological polar surface area (TPSA) is 263 Å². The molecule has 0 radical (unpaired) electrons. The first-order valence-corrected chi connectivity index (χ1v) is 20.2. The predicted octanol–water partition coefficient (Wildman–Crippen LogP) is 5.81. The van der Waals surface area contributed by atoms with E-state index in [4.69, 9.17) is 19.8 Å². The van der Waals surface area contributed by atoms with Crippen LogP contribution in [0.3, 0.4) is 0 Å². The van der Waals surface area contributed by atoms with Crippen molar-refractivity contribution in [1.29, 1.82) is 0 Å². The second kappa shape index (κ2) is 18.3. The Labute approximate surface area is 317 Å². The Morgan fingerprint density at radius 1 is 0.709 bits per heavy atom. The van der Waals surface area contributed by atoms with Crippen LogP contribution >= 0.6 is 0 Å². The number of aromatic amines is 2. The van der Waals surface area contributed by atoms with E-state index < -0.39 is 25.8 Å². The van der Waals surface area contributed by atoms with Crippen molar-refractivity contribution in [2.45, 2.75) is 49.3 Å². The van der Waals surface area contributed by atoms with Crippen molar-refractivity contribution in [2.75, 3.05) is 23.7 Å². The number of nitrogens with two attached hydrogens (primary N) is 2. The number of rotatable bonds is 16. The number of primary sulfonamides is 2. The number of aromatic nitrogens is 5. The lowest BCUT2D eigenvalue weighted by Crippen LogP contribution is -2.15. The van der Waals surface area contributed by atoms with Gasteiger partial charge in [0.2, 0.25) is 20.0 Å². The molecule has 2 heterocycles. The molecule has 0 aliphatic rings. The van der Waals surface area contributed by atoms with Gasteiger partial charge in [-0.2, -0.15) is 5.10 Å². The largest absolute Gasteiger partial charge is 0.454 e. The maximum atomic E-state index is 12.3. The zero-order valence-corrected chi connectivity index (χ0v) is 31.6. The second-order valence-corrected chi connectivity index (χ2v) is 15.0. The molecule has 290 valence electrons. The number of H-pyrrole nitrogens is 2. The van der Waals surface area contributed by atoms with E-state index in [0.29, 0.717) is 52.9 Å². The molecule has 0 amide bonds. The molecule has 17 nitrogen and oxygen atoms in total. The molecule has 0 saturated heterocycles. The second-order valence-electron chi connectivity index (χ2n) is 12.0. The molecule has 2 aromatic heterocycles. The van der Waals surface area contributed by atoms with Gasteiger partial charge >= 0.3 is 5.76 Å². The van der Waals surface area contributed by atoms with Crippen molar-refractivity contribution in [2.24, 2.45) is 10.3 Å². The number of ether oxygens (including phenoxy) is 2. The van der Waals surface area contributed by atoms with E-state index in [1.54, 1.807) is 60.7 Å². The van der Waals surface area contributed by atoms with Gasteiger partial charge in [0.25, 0.3) is 0 Å². The SMILES string of the molecule is CCCCNc1cc(-c2ncn[nH]2)cc(S(N)(=O)=O)c1Oc1ccccc1.CCCCNc1cc(-c2noc(=O)[nH]2)cc(S(N)(=O)=O)c1Oc1ccccc1. The number of hydrogen-bond donors (Lipinski definition) is 6. The van der Waals surface area contributed by atoms with Gasteiger partial charge in [0.05, 0.1) is 11.4 Å². The van der Waals surface area contributed by atoms with Crippen LogP contribution in [-0.2, 0) is 20.0 Å². The van der Waals surface area contributed by atoms with Gasteiger partial charge in [0.1, 0.15) is 27.6 Å². The summed E-state index contributed by atoms with van der Waals surface area (Å²) in [6.07, 6.45) is 5.07. The Morgan fingerprint density at radius 3 is 1.56 bits per heavy atom. The third-order valence-corrected chi connectivity index (χ3v) is 9.58. The minimum absolute atomic E-state index is 0.0689. The van der Waals surface area contributed by atoms with Crippen LogP contribution in [0.2, 0.25) is 0 Å². The fourth-order valence-corrected chi connectivity index (χ4v) is 6.49. The standard InChI is InChI=1S/C18H21N5O3S.C18H20N4O5S/c1-2-3-9-20-15-10-13(18-21-12-22-23-18)11-16(27(19,24)25)17(15)26-14-7-5-4-6-8-14;1-2-3-9-20-14-10-12(17-21-18(23)27-22-17)11-15(28(19,24)25)16(14)26-13-7-5-4-6-8-13/h4-8,10-12,20H,2-3,9H2,1H3,(H2,19,24,25)(H,21,22,23);4-8,10-11,20H,2-3,9H2,1H3,(H2,19,24,25)(H,21,22,23). The molecular weight excluding hydrogens is 751 g/mol. The van der Waals surface area contributed by atoms with Crippen LogP contribution < -0.4 is 36.1 Å². The average molecular weight is 792 g/mol. The zero-order valence-electron chi connectivity index (χ0n) is 30.0. The van der Waals surface area contributed by atoms with Gasteiger partial charge in [0, 0.05) is 24.2 Å². The molecule has 8 N–H and O–H groups in total. The number of hydrogen-bond acceptors (Lipinski definition) is 13. The third-order valence-electron chi connectivity index (χ3n) is 7.74. The van der Waals surface area contributed by atoms with E-state index in [0.717, 1.165) is 25.7 Å². The molecule has 55 heavy (non-hydrogen) atoms. The molecule has 0 atom stereocenters. The molecule has 0 bridgehead atoms. The first kappa shape index (κ1) is 40.2. The highest BCUT2D eigenvalue weighted by Gasteiger charge is 2.24. The lowest BCUT2D eigenvalue weighted by atomic mass is 10.1. The van der Waals surface area contributed by atoms with Gasteiger partial charge in [0.15, 0.2) is 23.1 Å². The summed E-state index contributed by atoms with van der Waals surface area (Å²) >= 11 is 0. The van der Waals surface area contributed by atoms with Gasteiger partial charge in [-0.15, -0.1) is 0 Å². The van der Waals surface area contributed by atoms with Crippen molar-refractivity contribution >= 4 is 31.4 Å². The summed E-state index contributed by atoms with van der Waals surface area (Å²) in [6, 6.07) is 23.8. The summed E-state index contributed by atoms with van der Waals surface area (Å²) in [5.41, 5.74) is 1.78. The number of para-hydroxylation sites is 2. The van der Waals surface area contributed by atoms with Crippen LogP contribution in [0.25, 0.3) is 22.8 Å². The fraction of sp³-hybridized carbons (Fsp3) is 0.222.